The Morgan fingerprint density at radius 3 is 2.06 bits per heavy atom. The highest BCUT2D eigenvalue weighted by atomic mass is 16.7. The van der Waals surface area contributed by atoms with Crippen LogP contribution < -0.4 is 0 Å². The lowest BCUT2D eigenvalue weighted by Crippen LogP contribution is -2.65. The first-order valence-electron chi connectivity index (χ1n) is 16.9. The van der Waals surface area contributed by atoms with Crippen LogP contribution in [0.5, 0.6) is 23.0 Å². The van der Waals surface area contributed by atoms with Crippen LogP contribution in [0.3, 0.4) is 0 Å². The molecule has 2 heterocycles. The van der Waals surface area contributed by atoms with Crippen molar-refractivity contribution in [2.75, 3.05) is 13.2 Å². The predicted octanol–water partition coefficient (Wildman–Crippen LogP) is 1.25. The van der Waals surface area contributed by atoms with Crippen molar-refractivity contribution in [2.24, 2.45) is 0 Å². The van der Waals surface area contributed by atoms with Crippen LogP contribution in [0.1, 0.15) is 23.6 Å². The van der Waals surface area contributed by atoms with Crippen molar-refractivity contribution in [3.05, 3.63) is 95.6 Å². The molecule has 2 aliphatic heterocycles. The maximum absolute atomic E-state index is 13.2. The summed E-state index contributed by atoms with van der Waals surface area (Å²) in [6.45, 7) is 0.718. The number of carbonyl (C=O) groups is 2. The molecule has 2 saturated heterocycles. The lowest BCUT2D eigenvalue weighted by molar-refractivity contribution is -0.357. The van der Waals surface area contributed by atoms with Crippen molar-refractivity contribution in [3.8, 4) is 23.0 Å². The molecule has 54 heavy (non-hydrogen) atoms. The molecule has 0 aliphatic carbocycles. The third-order valence-electron chi connectivity index (χ3n) is 8.69. The van der Waals surface area contributed by atoms with Gasteiger partial charge in [0.1, 0.15) is 43.2 Å². The minimum atomic E-state index is -1.83. The number of esters is 2. The van der Waals surface area contributed by atoms with Gasteiger partial charge < -0.3 is 69.3 Å². The summed E-state index contributed by atoms with van der Waals surface area (Å²) in [5, 5.41) is 82.0. The van der Waals surface area contributed by atoms with Gasteiger partial charge in [0, 0.05) is 12.2 Å². The van der Waals surface area contributed by atoms with Gasteiger partial charge in [0.2, 0.25) is 0 Å². The van der Waals surface area contributed by atoms with Gasteiger partial charge in [0.25, 0.3) is 0 Å². The second-order valence-electron chi connectivity index (χ2n) is 12.6. The third-order valence-corrected chi connectivity index (χ3v) is 8.69. The zero-order chi connectivity index (χ0) is 38.9. The molecule has 3 aromatic rings. The van der Waals surface area contributed by atoms with E-state index in [0.717, 1.165) is 6.08 Å². The van der Waals surface area contributed by atoms with E-state index in [-0.39, 0.29) is 30.3 Å². The fraction of sp³-hybridized carbons (Fsp3) is 0.368. The quantitative estimate of drug-likeness (QED) is 0.0695. The maximum atomic E-state index is 13.2. The van der Waals surface area contributed by atoms with Crippen molar-refractivity contribution in [1.82, 2.24) is 0 Å². The first-order valence-corrected chi connectivity index (χ1v) is 16.9. The number of phenolic OH excluding ortho intramolecular Hbond substituents is 4. The highest BCUT2D eigenvalue weighted by Gasteiger charge is 2.52. The van der Waals surface area contributed by atoms with Gasteiger partial charge in [-0.25, -0.2) is 9.59 Å². The molecule has 16 nitrogen and oxygen atoms in total. The summed E-state index contributed by atoms with van der Waals surface area (Å²) in [6.07, 6.45) is -10.6. The van der Waals surface area contributed by atoms with E-state index >= 15 is 0 Å². The lowest BCUT2D eigenvalue weighted by Gasteiger charge is -2.46. The van der Waals surface area contributed by atoms with Gasteiger partial charge in [-0.3, -0.25) is 0 Å². The number of hydrogen-bond acceptors (Lipinski definition) is 16. The Labute approximate surface area is 309 Å². The van der Waals surface area contributed by atoms with Crippen LogP contribution in [0.4, 0.5) is 0 Å². The summed E-state index contributed by atoms with van der Waals surface area (Å²) in [5.41, 5.74) is 1.57. The van der Waals surface area contributed by atoms with Gasteiger partial charge in [-0.15, -0.1) is 0 Å². The number of carbonyl (C=O) groups excluding carboxylic acids is 2. The van der Waals surface area contributed by atoms with E-state index in [4.69, 9.17) is 28.4 Å². The molecule has 0 amide bonds. The minimum absolute atomic E-state index is 0.123. The van der Waals surface area contributed by atoms with E-state index in [1.807, 2.05) is 6.07 Å². The largest absolute Gasteiger partial charge is 0.504 e. The normalized spacial score (nSPS) is 28.6. The molecule has 3 aromatic carbocycles. The number of benzene rings is 3. The molecule has 290 valence electrons. The molecular formula is C38H42O16. The van der Waals surface area contributed by atoms with Gasteiger partial charge >= 0.3 is 11.9 Å². The molecule has 0 radical (unpaired) electrons. The van der Waals surface area contributed by atoms with E-state index in [1.54, 1.807) is 30.3 Å². The Bertz CT molecular complexity index is 1780. The van der Waals surface area contributed by atoms with Crippen molar-refractivity contribution < 1.29 is 78.9 Å². The van der Waals surface area contributed by atoms with Gasteiger partial charge in [-0.2, -0.15) is 0 Å². The van der Waals surface area contributed by atoms with Crippen LogP contribution in [0.15, 0.2) is 78.9 Å². The monoisotopic (exact) mass is 754 g/mol. The zero-order valence-corrected chi connectivity index (χ0v) is 28.9. The number of ether oxygens (including phenoxy) is 6. The summed E-state index contributed by atoms with van der Waals surface area (Å²) < 4.78 is 34.6. The Morgan fingerprint density at radius 2 is 1.35 bits per heavy atom. The van der Waals surface area contributed by atoms with Gasteiger partial charge in [-0.1, -0.05) is 42.5 Å². The summed E-state index contributed by atoms with van der Waals surface area (Å²) in [5.74, 6) is -3.31. The van der Waals surface area contributed by atoms with Crippen LogP contribution in [-0.2, 0) is 44.4 Å². The molecule has 2 aliphatic rings. The molecule has 5 rings (SSSR count). The molecule has 0 saturated carbocycles. The van der Waals surface area contributed by atoms with E-state index in [2.05, 4.69) is 0 Å². The van der Waals surface area contributed by atoms with Crippen molar-refractivity contribution in [2.45, 2.75) is 74.8 Å². The Kier molecular flexibility index (Phi) is 13.6. The van der Waals surface area contributed by atoms with Gasteiger partial charge in [-0.05, 0) is 66.5 Å². The van der Waals surface area contributed by atoms with Crippen LogP contribution in [0.25, 0.3) is 12.2 Å². The fourth-order valence-electron chi connectivity index (χ4n) is 5.68. The van der Waals surface area contributed by atoms with Crippen molar-refractivity contribution in [3.63, 3.8) is 0 Å². The summed E-state index contributed by atoms with van der Waals surface area (Å²) in [7, 11) is 0. The number of rotatable bonds is 13. The highest BCUT2D eigenvalue weighted by Crippen LogP contribution is 2.32. The van der Waals surface area contributed by atoms with Crippen LogP contribution >= 0.6 is 0 Å². The van der Waals surface area contributed by atoms with E-state index in [1.165, 1.54) is 55.5 Å². The smallest absolute Gasteiger partial charge is 0.331 e. The average Bonchev–Trinajstić information content (AvgIpc) is 3.16. The predicted molar refractivity (Wildman–Crippen MR) is 186 cm³/mol. The minimum Gasteiger partial charge on any atom is -0.504 e. The first kappa shape index (κ1) is 40.2. The number of aliphatic hydroxyl groups excluding tert-OH is 4. The van der Waals surface area contributed by atoms with Crippen molar-refractivity contribution >= 4 is 24.1 Å². The Balaban J connectivity index is 1.41. The molecule has 10 atom stereocenters. The number of hydrogen-bond donors (Lipinski definition) is 8. The van der Waals surface area contributed by atoms with Gasteiger partial charge in [0.05, 0.1) is 12.7 Å². The molecule has 0 aromatic heterocycles. The first-order chi connectivity index (χ1) is 25.8. The topological polar surface area (TPSA) is 251 Å². The molecular weight excluding hydrogens is 712 g/mol. The summed E-state index contributed by atoms with van der Waals surface area (Å²) in [4.78, 5) is 26.0. The second-order valence-corrected chi connectivity index (χ2v) is 12.6. The number of phenols is 4. The number of aromatic hydroxyl groups is 4. The number of aliphatic hydroxyl groups is 4. The maximum Gasteiger partial charge on any atom is 0.331 e. The molecule has 2 fully saturated rings. The second kappa shape index (κ2) is 18.3. The highest BCUT2D eigenvalue weighted by molar-refractivity contribution is 5.88. The molecule has 0 bridgehead atoms. The molecule has 8 N–H and O–H groups in total. The van der Waals surface area contributed by atoms with E-state index < -0.39 is 85.7 Å². The van der Waals surface area contributed by atoms with Crippen LogP contribution in [-0.4, -0.2) is 127 Å². The van der Waals surface area contributed by atoms with E-state index in [9.17, 15) is 50.4 Å². The van der Waals surface area contributed by atoms with Crippen molar-refractivity contribution in [1.29, 1.82) is 0 Å². The Hall–Kier alpha value is -5.04. The third kappa shape index (κ3) is 10.3. The SMILES string of the molecule is C[C@@H]1O[C@@H](O[C@@H]2[C@@H](O)[C@H](OCCc3ccc(O)c(O)c3)O[C@H](COC(=O)/C=C/c3ccccc3)[C@H]2OC(=O)/C=C/c2ccc(O)c(O)c2)[C@H](O)[C@H](O)[C@H]1O. The van der Waals surface area contributed by atoms with Crippen LogP contribution in [0, 0.1) is 0 Å². The summed E-state index contributed by atoms with van der Waals surface area (Å²) >= 11 is 0. The lowest BCUT2D eigenvalue weighted by atomic mass is 9.97. The van der Waals surface area contributed by atoms with E-state index in [0.29, 0.717) is 16.7 Å². The van der Waals surface area contributed by atoms with Gasteiger partial charge in [0.15, 0.2) is 41.7 Å². The fourth-order valence-corrected chi connectivity index (χ4v) is 5.68. The molecule has 16 heteroatoms. The standard InChI is InChI=1S/C38H42O16/c1-20-31(45)32(46)33(47)38(51-20)54-36-34(48)37(49-16-15-23-8-12-25(40)27(42)18-23)52-28(19-50-29(43)13-9-21-5-3-2-4-6-21)35(36)53-30(44)14-10-22-7-11-24(39)26(41)17-22/h2-14,17-18,20,28,31-42,45-48H,15-16,19H2,1H3/b13-9+,14-10+/t20-,28+,31-,32+,33+,34+,35+,36+,37+,38-/m0/s1. The average molecular weight is 755 g/mol. The van der Waals surface area contributed by atoms with Crippen LogP contribution in [0.2, 0.25) is 0 Å². The summed E-state index contributed by atoms with van der Waals surface area (Å²) in [6, 6.07) is 16.8. The molecule has 0 spiro atoms. The zero-order valence-electron chi connectivity index (χ0n) is 28.9. The molecule has 0 unspecified atom stereocenters. The Morgan fingerprint density at radius 1 is 0.685 bits per heavy atom.